The van der Waals surface area contributed by atoms with Gasteiger partial charge in [0.15, 0.2) is 0 Å². The van der Waals surface area contributed by atoms with Gasteiger partial charge in [-0.1, -0.05) is 6.92 Å². The van der Waals surface area contributed by atoms with Crippen LogP contribution in [0, 0.1) is 12.8 Å². The molecule has 0 aromatic carbocycles. The molecule has 5 nitrogen and oxygen atoms in total. The highest BCUT2D eigenvalue weighted by Crippen LogP contribution is 2.41. The van der Waals surface area contributed by atoms with Crippen molar-refractivity contribution in [2.45, 2.75) is 50.4 Å². The van der Waals surface area contributed by atoms with Gasteiger partial charge in [-0.15, -0.1) is 0 Å². The van der Waals surface area contributed by atoms with E-state index in [1.54, 1.807) is 21.3 Å². The minimum atomic E-state index is -2.35. The Kier molecular flexibility index (Phi) is 8.24. The Bertz CT molecular complexity index is 253. The third-order valence-corrected chi connectivity index (χ3v) is 6.88. The summed E-state index contributed by atoms with van der Waals surface area (Å²) in [6.45, 7) is 4.19. The molecule has 0 spiro atoms. The maximum absolute atomic E-state index is 5.54. The van der Waals surface area contributed by atoms with E-state index >= 15 is 0 Å². The molecule has 1 aliphatic heterocycles. The highest BCUT2D eigenvalue weighted by Gasteiger charge is 2.45. The molecule has 1 heterocycles. The van der Waals surface area contributed by atoms with Crippen LogP contribution in [0.25, 0.3) is 0 Å². The summed E-state index contributed by atoms with van der Waals surface area (Å²) in [7, 11) is 2.69. The Morgan fingerprint density at radius 1 is 1.15 bits per heavy atom. The molecule has 119 valence electrons. The van der Waals surface area contributed by atoms with Crippen LogP contribution >= 0.6 is 0 Å². The lowest BCUT2D eigenvalue weighted by molar-refractivity contribution is 0.120. The molecule has 1 saturated heterocycles. The van der Waals surface area contributed by atoms with Crippen LogP contribution in [0.5, 0.6) is 0 Å². The fraction of sp³-hybridized carbons (Fsp3) is 0.929. The number of hydrogen-bond acceptors (Lipinski definition) is 5. The molecule has 20 heavy (non-hydrogen) atoms. The largest absolute Gasteiger partial charge is 0.500 e. The van der Waals surface area contributed by atoms with Gasteiger partial charge < -0.3 is 23.7 Å². The van der Waals surface area contributed by atoms with Crippen LogP contribution in [-0.4, -0.2) is 48.9 Å². The van der Waals surface area contributed by atoms with Gasteiger partial charge in [-0.3, -0.25) is 0 Å². The maximum atomic E-state index is 5.54. The summed E-state index contributed by atoms with van der Waals surface area (Å²) in [5.41, 5.74) is 4.97. The fourth-order valence-electron chi connectivity index (χ4n) is 2.69. The summed E-state index contributed by atoms with van der Waals surface area (Å²) in [4.78, 5) is 0. The van der Waals surface area contributed by atoms with Gasteiger partial charge >= 0.3 is 8.80 Å². The predicted octanol–water partition coefficient (Wildman–Crippen LogP) is 1.99. The number of nitrogens with two attached hydrogens (primary N) is 1. The molecule has 2 fully saturated rings. The fourth-order valence-corrected chi connectivity index (χ4v) is 4.56. The lowest BCUT2D eigenvalue weighted by Crippen LogP contribution is -2.43. The molecule has 1 radical (unpaired) electrons. The normalized spacial score (nSPS) is 28.4. The summed E-state index contributed by atoms with van der Waals surface area (Å²) in [6, 6.07) is 0.915. The van der Waals surface area contributed by atoms with Crippen molar-refractivity contribution < 1.29 is 18.0 Å². The van der Waals surface area contributed by atoms with E-state index in [0.717, 1.165) is 24.8 Å². The molecule has 6 heteroatoms. The minimum absolute atomic E-state index is 0.558. The number of epoxide rings is 1. The summed E-state index contributed by atoms with van der Waals surface area (Å²) < 4.78 is 21.8. The van der Waals surface area contributed by atoms with Crippen molar-refractivity contribution in [3.63, 3.8) is 0 Å². The first kappa shape index (κ1) is 18.1. The standard InChI is InChI=1S/C11H22O4Si.C3H8N/c1-12-16(13-2,14-3)7-6-9-4-5-10-11(8-9)15-10;1-2-3-4/h9-11H,4-8H2,1-3H3;1-4H2. The Labute approximate surface area is 124 Å². The Morgan fingerprint density at radius 3 is 2.20 bits per heavy atom. The van der Waals surface area contributed by atoms with Crippen LogP contribution in [0.1, 0.15) is 32.1 Å². The highest BCUT2D eigenvalue weighted by molar-refractivity contribution is 6.60. The molecule has 2 rings (SSSR count). The van der Waals surface area contributed by atoms with Crippen LogP contribution < -0.4 is 5.73 Å². The van der Waals surface area contributed by atoms with Crippen molar-refractivity contribution in [1.82, 2.24) is 0 Å². The average Bonchev–Trinajstić information content (AvgIpc) is 3.28. The second-order valence-corrected chi connectivity index (χ2v) is 8.46. The van der Waals surface area contributed by atoms with Crippen LogP contribution in [-0.2, 0) is 18.0 Å². The van der Waals surface area contributed by atoms with Crippen molar-refractivity contribution in [2.75, 3.05) is 27.9 Å². The molecule has 1 aliphatic carbocycles. The zero-order chi connectivity index (χ0) is 15.0. The summed E-state index contributed by atoms with van der Waals surface area (Å²) in [5, 5.41) is 0. The van der Waals surface area contributed by atoms with Gasteiger partial charge in [0.25, 0.3) is 0 Å². The summed E-state index contributed by atoms with van der Waals surface area (Å²) in [6.07, 6.45) is 6.85. The molecule has 0 amide bonds. The van der Waals surface area contributed by atoms with Crippen LogP contribution in [0.2, 0.25) is 6.04 Å². The third-order valence-electron chi connectivity index (χ3n) is 4.11. The molecule has 2 aliphatic rings. The Balaban J connectivity index is 0.000000444. The van der Waals surface area contributed by atoms with Crippen LogP contribution in [0.15, 0.2) is 0 Å². The molecule has 0 aromatic heterocycles. The number of ether oxygens (including phenoxy) is 1. The molecule has 3 unspecified atom stereocenters. The van der Waals surface area contributed by atoms with E-state index in [0.29, 0.717) is 18.8 Å². The van der Waals surface area contributed by atoms with Gasteiger partial charge in [0.2, 0.25) is 0 Å². The smallest absolute Gasteiger partial charge is 0.377 e. The van der Waals surface area contributed by atoms with Gasteiger partial charge in [0, 0.05) is 27.4 Å². The maximum Gasteiger partial charge on any atom is 0.500 e. The van der Waals surface area contributed by atoms with E-state index in [2.05, 4.69) is 6.92 Å². The van der Waals surface area contributed by atoms with Crippen molar-refractivity contribution in [1.29, 1.82) is 0 Å². The van der Waals surface area contributed by atoms with Gasteiger partial charge in [-0.25, -0.2) is 0 Å². The van der Waals surface area contributed by atoms with Gasteiger partial charge in [-0.05, 0) is 44.6 Å². The molecule has 3 atom stereocenters. The van der Waals surface area contributed by atoms with E-state index in [9.17, 15) is 0 Å². The number of fused-ring (bicyclic) bond motifs is 1. The van der Waals surface area contributed by atoms with Crippen LogP contribution in [0.3, 0.4) is 0 Å². The van der Waals surface area contributed by atoms with Gasteiger partial charge in [-0.2, -0.15) is 0 Å². The van der Waals surface area contributed by atoms with Crippen molar-refractivity contribution in [2.24, 2.45) is 11.7 Å². The molecular weight excluding hydrogens is 274 g/mol. The second-order valence-electron chi connectivity index (χ2n) is 5.37. The van der Waals surface area contributed by atoms with Crippen molar-refractivity contribution >= 4 is 8.80 Å². The Morgan fingerprint density at radius 2 is 1.75 bits per heavy atom. The van der Waals surface area contributed by atoms with E-state index in [4.69, 9.17) is 23.7 Å². The molecule has 0 bridgehead atoms. The van der Waals surface area contributed by atoms with Crippen LogP contribution in [0.4, 0.5) is 0 Å². The molecule has 0 aromatic rings. The third kappa shape index (κ3) is 5.42. The monoisotopic (exact) mass is 304 g/mol. The second kappa shape index (κ2) is 9.12. The van der Waals surface area contributed by atoms with Crippen molar-refractivity contribution in [3.8, 4) is 0 Å². The first-order valence-corrected chi connectivity index (χ1v) is 9.38. The summed E-state index contributed by atoms with van der Waals surface area (Å²) in [5.74, 6) is 0.760. The average molecular weight is 304 g/mol. The van der Waals surface area contributed by atoms with Gasteiger partial charge in [0.05, 0.1) is 12.2 Å². The molecular formula is C14H30NO4Si. The topological polar surface area (TPSA) is 66.2 Å². The quantitative estimate of drug-likeness (QED) is 0.575. The van der Waals surface area contributed by atoms with E-state index < -0.39 is 8.80 Å². The SMILES string of the molecule is CO[Si](CCC1CCC2OC2C1)(OC)OC.[CH2]CCN. The highest BCUT2D eigenvalue weighted by atomic mass is 28.4. The lowest BCUT2D eigenvalue weighted by atomic mass is 9.88. The number of hydrogen-bond donors (Lipinski definition) is 1. The Hall–Kier alpha value is 0.0169. The predicted molar refractivity (Wildman–Crippen MR) is 81.2 cm³/mol. The zero-order valence-electron chi connectivity index (χ0n) is 13.1. The van der Waals surface area contributed by atoms with E-state index in [-0.39, 0.29) is 0 Å². The zero-order valence-corrected chi connectivity index (χ0v) is 14.1. The minimum Gasteiger partial charge on any atom is -0.377 e. The van der Waals surface area contributed by atoms with Gasteiger partial charge in [0.1, 0.15) is 0 Å². The van der Waals surface area contributed by atoms with E-state index in [1.807, 2.05) is 0 Å². The molecule has 1 saturated carbocycles. The lowest BCUT2D eigenvalue weighted by Gasteiger charge is -2.27. The van der Waals surface area contributed by atoms with E-state index in [1.165, 1.54) is 19.3 Å². The first-order chi connectivity index (χ1) is 9.64. The first-order valence-electron chi connectivity index (χ1n) is 7.44. The molecule has 2 N–H and O–H groups in total. The number of rotatable bonds is 7. The van der Waals surface area contributed by atoms with Crippen molar-refractivity contribution in [3.05, 3.63) is 6.92 Å². The summed E-state index contributed by atoms with van der Waals surface area (Å²) >= 11 is 0.